The Morgan fingerprint density at radius 3 is 2.93 bits per heavy atom. The lowest BCUT2D eigenvalue weighted by Crippen LogP contribution is -2.36. The van der Waals surface area contributed by atoms with Gasteiger partial charge < -0.3 is 4.90 Å². The van der Waals surface area contributed by atoms with Crippen LogP contribution in [-0.2, 0) is 4.79 Å². The van der Waals surface area contributed by atoms with E-state index in [-0.39, 0.29) is 0 Å². The van der Waals surface area contributed by atoms with Crippen LogP contribution in [0.3, 0.4) is 0 Å². The number of nitrogens with zero attached hydrogens (tertiary/aromatic N) is 1. The zero-order valence-corrected chi connectivity index (χ0v) is 9.30. The smallest absolute Gasteiger partial charge is 0.230 e. The van der Waals surface area contributed by atoms with Crippen molar-refractivity contribution >= 4 is 23.4 Å². The van der Waals surface area contributed by atoms with Crippen LogP contribution in [0.1, 0.15) is 12.8 Å². The Kier molecular flexibility index (Phi) is 2.20. The fourth-order valence-corrected chi connectivity index (χ4v) is 2.94. The minimum absolute atomic E-state index is 0.321. The molecule has 1 aliphatic heterocycles. The number of benzene rings is 1. The van der Waals surface area contributed by atoms with E-state index in [1.165, 1.54) is 4.90 Å². The van der Waals surface area contributed by atoms with E-state index in [1.54, 1.807) is 0 Å². The zero-order valence-electron chi connectivity index (χ0n) is 8.48. The van der Waals surface area contributed by atoms with Crippen LogP contribution >= 0.6 is 11.8 Å². The minimum Gasteiger partial charge on any atom is -0.310 e. The van der Waals surface area contributed by atoms with E-state index in [0.717, 1.165) is 30.8 Å². The molecule has 0 radical (unpaired) electrons. The van der Waals surface area contributed by atoms with E-state index < -0.39 is 0 Å². The second kappa shape index (κ2) is 3.56. The molecule has 0 bridgehead atoms. The first-order valence-electron chi connectivity index (χ1n) is 5.39. The third kappa shape index (κ3) is 1.65. The lowest BCUT2D eigenvalue weighted by Gasteiger charge is -2.29. The summed E-state index contributed by atoms with van der Waals surface area (Å²) in [5.74, 6) is 1.68. The van der Waals surface area contributed by atoms with Gasteiger partial charge in [0.15, 0.2) is 0 Å². The molecule has 1 aromatic rings. The molecule has 0 N–H and O–H groups in total. The summed E-state index contributed by atoms with van der Waals surface area (Å²) >= 11 is 1.85. The Morgan fingerprint density at radius 2 is 2.13 bits per heavy atom. The first-order chi connectivity index (χ1) is 7.36. The molecule has 0 saturated heterocycles. The normalized spacial score (nSPS) is 19.9. The van der Waals surface area contributed by atoms with Crippen molar-refractivity contribution in [3.05, 3.63) is 24.3 Å². The van der Waals surface area contributed by atoms with Crippen LogP contribution in [-0.4, -0.2) is 18.2 Å². The fourth-order valence-electron chi connectivity index (χ4n) is 1.95. The molecule has 78 valence electrons. The topological polar surface area (TPSA) is 20.3 Å². The molecule has 2 nitrogen and oxygen atoms in total. The van der Waals surface area contributed by atoms with E-state index in [0.29, 0.717) is 11.8 Å². The van der Waals surface area contributed by atoms with E-state index in [4.69, 9.17) is 0 Å². The van der Waals surface area contributed by atoms with Gasteiger partial charge in [-0.2, -0.15) is 0 Å². The molecule has 1 amide bonds. The maximum Gasteiger partial charge on any atom is 0.230 e. The maximum atomic E-state index is 12.0. The SMILES string of the molecule is O=C(C1CC1)N1CCSc2ccccc21. The number of anilines is 1. The van der Waals surface area contributed by atoms with Gasteiger partial charge in [-0.15, -0.1) is 11.8 Å². The van der Waals surface area contributed by atoms with Gasteiger partial charge in [0, 0.05) is 23.1 Å². The number of carbonyl (C=O) groups excluding carboxylic acids is 1. The molecule has 1 aliphatic carbocycles. The zero-order chi connectivity index (χ0) is 10.3. The van der Waals surface area contributed by atoms with Gasteiger partial charge in [0.25, 0.3) is 0 Å². The van der Waals surface area contributed by atoms with Crippen LogP contribution in [0.2, 0.25) is 0 Å². The van der Waals surface area contributed by atoms with Crippen LogP contribution in [0.25, 0.3) is 0 Å². The Balaban J connectivity index is 1.94. The summed E-state index contributed by atoms with van der Waals surface area (Å²) in [5.41, 5.74) is 1.12. The predicted molar refractivity (Wildman–Crippen MR) is 62.2 cm³/mol. The second-order valence-electron chi connectivity index (χ2n) is 4.08. The molecular formula is C12H13NOS. The molecule has 3 heteroatoms. The summed E-state index contributed by atoms with van der Waals surface area (Å²) in [6, 6.07) is 8.21. The molecule has 0 aromatic heterocycles. The molecule has 1 fully saturated rings. The number of hydrogen-bond donors (Lipinski definition) is 0. The molecule has 3 rings (SSSR count). The minimum atomic E-state index is 0.321. The average molecular weight is 219 g/mol. The van der Waals surface area contributed by atoms with Crippen molar-refractivity contribution < 1.29 is 4.79 Å². The highest BCUT2D eigenvalue weighted by Gasteiger charge is 2.35. The number of amides is 1. The van der Waals surface area contributed by atoms with Crippen molar-refractivity contribution in [3.63, 3.8) is 0 Å². The van der Waals surface area contributed by atoms with Crippen LogP contribution < -0.4 is 4.90 Å². The van der Waals surface area contributed by atoms with Crippen molar-refractivity contribution in [2.45, 2.75) is 17.7 Å². The quantitative estimate of drug-likeness (QED) is 0.723. The third-order valence-electron chi connectivity index (χ3n) is 2.92. The monoisotopic (exact) mass is 219 g/mol. The molecule has 2 aliphatic rings. The van der Waals surface area contributed by atoms with Gasteiger partial charge in [-0.3, -0.25) is 4.79 Å². The molecule has 1 heterocycles. The highest BCUT2D eigenvalue weighted by atomic mass is 32.2. The van der Waals surface area contributed by atoms with Crippen molar-refractivity contribution in [1.82, 2.24) is 0 Å². The van der Waals surface area contributed by atoms with Crippen molar-refractivity contribution in [3.8, 4) is 0 Å². The fraction of sp³-hybridized carbons (Fsp3) is 0.417. The van der Waals surface area contributed by atoms with Gasteiger partial charge in [0.1, 0.15) is 0 Å². The Bertz CT molecular complexity index is 400. The number of para-hydroxylation sites is 1. The average Bonchev–Trinajstić information content (AvgIpc) is 3.11. The van der Waals surface area contributed by atoms with Gasteiger partial charge in [0.2, 0.25) is 5.91 Å². The molecule has 1 aromatic carbocycles. The van der Waals surface area contributed by atoms with E-state index >= 15 is 0 Å². The van der Waals surface area contributed by atoms with Crippen molar-refractivity contribution in [2.24, 2.45) is 5.92 Å². The van der Waals surface area contributed by atoms with Crippen LogP contribution in [0, 0.1) is 5.92 Å². The summed E-state index contributed by atoms with van der Waals surface area (Å²) in [6.07, 6.45) is 2.18. The standard InChI is InChI=1S/C12H13NOS/c14-12(9-5-6-9)13-7-8-15-11-4-2-1-3-10(11)13/h1-4,9H,5-8H2. The second-order valence-corrected chi connectivity index (χ2v) is 5.22. The predicted octanol–water partition coefficient (Wildman–Crippen LogP) is 2.54. The third-order valence-corrected chi connectivity index (χ3v) is 3.96. The largest absolute Gasteiger partial charge is 0.310 e. The Morgan fingerprint density at radius 1 is 1.33 bits per heavy atom. The summed E-state index contributed by atoms with van der Waals surface area (Å²) in [6.45, 7) is 0.872. The van der Waals surface area contributed by atoms with Gasteiger partial charge in [-0.25, -0.2) is 0 Å². The maximum absolute atomic E-state index is 12.0. The molecule has 0 spiro atoms. The number of fused-ring (bicyclic) bond motifs is 1. The van der Waals surface area contributed by atoms with Gasteiger partial charge in [-0.1, -0.05) is 12.1 Å². The van der Waals surface area contributed by atoms with Crippen LogP contribution in [0.4, 0.5) is 5.69 Å². The molecule has 15 heavy (non-hydrogen) atoms. The van der Waals surface area contributed by atoms with Gasteiger partial charge >= 0.3 is 0 Å². The first kappa shape index (κ1) is 9.28. The molecule has 0 unspecified atom stereocenters. The Hall–Kier alpha value is -0.960. The first-order valence-corrected chi connectivity index (χ1v) is 6.38. The van der Waals surface area contributed by atoms with Crippen molar-refractivity contribution in [2.75, 3.05) is 17.2 Å². The lowest BCUT2D eigenvalue weighted by molar-refractivity contribution is -0.119. The number of thioether (sulfide) groups is 1. The van der Waals surface area contributed by atoms with Gasteiger partial charge in [0.05, 0.1) is 5.69 Å². The Labute approximate surface area is 93.7 Å². The van der Waals surface area contributed by atoms with Gasteiger partial charge in [-0.05, 0) is 25.0 Å². The summed E-state index contributed by atoms with van der Waals surface area (Å²) in [7, 11) is 0. The highest BCUT2D eigenvalue weighted by Crippen LogP contribution is 2.38. The lowest BCUT2D eigenvalue weighted by atomic mass is 10.2. The van der Waals surface area contributed by atoms with Crippen LogP contribution in [0.15, 0.2) is 29.2 Å². The van der Waals surface area contributed by atoms with E-state index in [1.807, 2.05) is 28.8 Å². The highest BCUT2D eigenvalue weighted by molar-refractivity contribution is 7.99. The molecular weight excluding hydrogens is 206 g/mol. The summed E-state index contributed by atoms with van der Waals surface area (Å²) < 4.78 is 0. The number of carbonyl (C=O) groups is 1. The summed E-state index contributed by atoms with van der Waals surface area (Å²) in [5, 5.41) is 0. The summed E-state index contributed by atoms with van der Waals surface area (Å²) in [4.78, 5) is 15.3. The van der Waals surface area contributed by atoms with Crippen molar-refractivity contribution in [1.29, 1.82) is 0 Å². The van der Waals surface area contributed by atoms with E-state index in [2.05, 4.69) is 12.1 Å². The number of hydrogen-bond acceptors (Lipinski definition) is 2. The van der Waals surface area contributed by atoms with E-state index in [9.17, 15) is 4.79 Å². The number of rotatable bonds is 1. The van der Waals surface area contributed by atoms with Crippen LogP contribution in [0.5, 0.6) is 0 Å². The molecule has 0 atom stereocenters. The molecule has 1 saturated carbocycles.